The zero-order valence-electron chi connectivity index (χ0n) is 9.05. The highest BCUT2D eigenvalue weighted by molar-refractivity contribution is 5.82. The molecule has 0 bridgehead atoms. The van der Waals surface area contributed by atoms with Crippen molar-refractivity contribution in [1.29, 1.82) is 0 Å². The minimum atomic E-state index is -0.149. The number of ether oxygens (including phenoxy) is 1. The number of rotatable bonds is 4. The number of hydrogen-bond acceptors (Lipinski definition) is 3. The normalized spacial score (nSPS) is 13.2. The molecule has 4 nitrogen and oxygen atoms in total. The Balaban J connectivity index is 3.85. The van der Waals surface area contributed by atoms with Gasteiger partial charge in [-0.2, -0.15) is 0 Å². The van der Waals surface area contributed by atoms with Crippen molar-refractivity contribution in [3.05, 3.63) is 0 Å². The van der Waals surface area contributed by atoms with Crippen LogP contribution in [0, 0.1) is 0 Å². The average molecular weight is 187 g/mol. The first-order valence-corrected chi connectivity index (χ1v) is 4.63. The van der Waals surface area contributed by atoms with E-state index in [0.717, 1.165) is 13.0 Å². The summed E-state index contributed by atoms with van der Waals surface area (Å²) < 4.78 is 5.51. The molecular formula is C9H21N3O. The van der Waals surface area contributed by atoms with Crippen LogP contribution in [0.3, 0.4) is 0 Å². The van der Waals surface area contributed by atoms with E-state index in [1.54, 1.807) is 0 Å². The summed E-state index contributed by atoms with van der Waals surface area (Å²) in [5.74, 6) is 5.99. The van der Waals surface area contributed by atoms with Crippen LogP contribution in [0.5, 0.6) is 0 Å². The third kappa shape index (κ3) is 7.74. The Morgan fingerprint density at radius 2 is 2.08 bits per heavy atom. The van der Waals surface area contributed by atoms with E-state index in [4.69, 9.17) is 10.6 Å². The van der Waals surface area contributed by atoms with E-state index >= 15 is 0 Å². The fraction of sp³-hybridized carbons (Fsp3) is 0.889. The Kier molecular flexibility index (Phi) is 5.66. The van der Waals surface area contributed by atoms with Crippen LogP contribution < -0.4 is 11.3 Å². The Morgan fingerprint density at radius 1 is 1.46 bits per heavy atom. The number of hydrogen-bond donors (Lipinski definition) is 2. The molecule has 3 N–H and O–H groups in total. The second-order valence-corrected chi connectivity index (χ2v) is 3.87. The van der Waals surface area contributed by atoms with Crippen molar-refractivity contribution >= 4 is 5.84 Å². The van der Waals surface area contributed by atoms with Gasteiger partial charge in [0.1, 0.15) is 12.4 Å². The Hall–Kier alpha value is -0.610. The molecule has 0 aromatic rings. The van der Waals surface area contributed by atoms with Crippen LogP contribution in [0.2, 0.25) is 0 Å². The van der Waals surface area contributed by atoms with Gasteiger partial charge in [0, 0.05) is 6.54 Å². The molecule has 0 saturated carbocycles. The molecule has 0 aromatic heterocycles. The van der Waals surface area contributed by atoms with E-state index in [9.17, 15) is 0 Å². The van der Waals surface area contributed by atoms with Crippen molar-refractivity contribution in [2.75, 3.05) is 13.2 Å². The predicted octanol–water partition coefficient (Wildman–Crippen LogP) is 1.07. The van der Waals surface area contributed by atoms with Crippen molar-refractivity contribution in [1.82, 2.24) is 5.43 Å². The zero-order chi connectivity index (χ0) is 10.3. The topological polar surface area (TPSA) is 59.6 Å². The molecule has 0 spiro atoms. The van der Waals surface area contributed by atoms with Crippen LogP contribution in [-0.4, -0.2) is 24.6 Å². The number of aliphatic imine (C=N–C) groups is 1. The van der Waals surface area contributed by atoms with Gasteiger partial charge in [0.25, 0.3) is 0 Å². The molecule has 0 atom stereocenters. The second-order valence-electron chi connectivity index (χ2n) is 3.87. The van der Waals surface area contributed by atoms with Crippen LogP contribution >= 0.6 is 0 Å². The van der Waals surface area contributed by atoms with Crippen LogP contribution in [-0.2, 0) is 4.74 Å². The molecule has 0 aliphatic heterocycles. The molecule has 0 saturated heterocycles. The lowest BCUT2D eigenvalue weighted by atomic mass is 10.2. The molecule has 0 radical (unpaired) electrons. The monoisotopic (exact) mass is 187 g/mol. The molecule has 0 fully saturated rings. The molecular weight excluding hydrogens is 166 g/mol. The van der Waals surface area contributed by atoms with Crippen molar-refractivity contribution in [2.24, 2.45) is 10.8 Å². The van der Waals surface area contributed by atoms with Gasteiger partial charge in [-0.15, -0.1) is 0 Å². The summed E-state index contributed by atoms with van der Waals surface area (Å²) in [6.45, 7) is 9.30. The van der Waals surface area contributed by atoms with Gasteiger partial charge in [-0.05, 0) is 27.2 Å². The third-order valence-electron chi connectivity index (χ3n) is 1.33. The summed E-state index contributed by atoms with van der Waals surface area (Å²) in [6.07, 6.45) is 1.01. The maximum absolute atomic E-state index is 5.51. The van der Waals surface area contributed by atoms with Gasteiger partial charge in [-0.3, -0.25) is 4.99 Å². The molecule has 0 aliphatic carbocycles. The van der Waals surface area contributed by atoms with Gasteiger partial charge in [-0.1, -0.05) is 6.92 Å². The molecule has 0 rings (SSSR count). The van der Waals surface area contributed by atoms with E-state index in [2.05, 4.69) is 17.3 Å². The fourth-order valence-electron chi connectivity index (χ4n) is 0.665. The summed E-state index contributed by atoms with van der Waals surface area (Å²) in [5, 5.41) is 0. The van der Waals surface area contributed by atoms with Crippen molar-refractivity contribution in [3.8, 4) is 0 Å². The molecule has 4 heteroatoms. The number of hydrazine groups is 1. The summed E-state index contributed by atoms with van der Waals surface area (Å²) >= 11 is 0. The van der Waals surface area contributed by atoms with E-state index < -0.39 is 0 Å². The smallest absolute Gasteiger partial charge is 0.137 e. The molecule has 0 heterocycles. The lowest BCUT2D eigenvalue weighted by Gasteiger charge is -2.19. The first kappa shape index (κ1) is 12.4. The summed E-state index contributed by atoms with van der Waals surface area (Å²) in [7, 11) is 0. The lowest BCUT2D eigenvalue weighted by molar-refractivity contribution is 0.0202. The van der Waals surface area contributed by atoms with Crippen molar-refractivity contribution in [2.45, 2.75) is 39.7 Å². The first-order valence-electron chi connectivity index (χ1n) is 4.63. The molecule has 0 amide bonds. The van der Waals surface area contributed by atoms with E-state index in [-0.39, 0.29) is 5.60 Å². The van der Waals surface area contributed by atoms with E-state index in [1.165, 1.54) is 0 Å². The average Bonchev–Trinajstić information content (AvgIpc) is 2.03. The highest BCUT2D eigenvalue weighted by atomic mass is 16.5. The van der Waals surface area contributed by atoms with Crippen molar-refractivity contribution < 1.29 is 4.74 Å². The van der Waals surface area contributed by atoms with Crippen molar-refractivity contribution in [3.63, 3.8) is 0 Å². The fourth-order valence-corrected chi connectivity index (χ4v) is 0.665. The highest BCUT2D eigenvalue weighted by Crippen LogP contribution is 2.05. The minimum Gasteiger partial charge on any atom is -0.368 e. The first-order chi connectivity index (χ1) is 5.99. The van der Waals surface area contributed by atoms with Crippen LogP contribution in [0.25, 0.3) is 0 Å². The molecule has 0 unspecified atom stereocenters. The molecule has 0 aromatic carbocycles. The van der Waals surface area contributed by atoms with Gasteiger partial charge in [0.2, 0.25) is 0 Å². The minimum absolute atomic E-state index is 0.149. The standard InChI is InChI=1S/C9H21N3O/c1-5-6-11-8(12-10)7-13-9(2,3)4/h5-7,10H2,1-4H3,(H,11,12). The molecule has 0 aliphatic rings. The van der Waals surface area contributed by atoms with Gasteiger partial charge >= 0.3 is 0 Å². The van der Waals surface area contributed by atoms with Gasteiger partial charge < -0.3 is 10.2 Å². The lowest BCUT2D eigenvalue weighted by Crippen LogP contribution is -2.36. The Morgan fingerprint density at radius 3 is 2.46 bits per heavy atom. The SMILES string of the molecule is CCCN=C(COC(C)(C)C)NN. The Bertz CT molecular complexity index is 161. The summed E-state index contributed by atoms with van der Waals surface area (Å²) in [4.78, 5) is 4.22. The summed E-state index contributed by atoms with van der Waals surface area (Å²) in [5.41, 5.74) is 2.39. The Labute approximate surface area is 80.5 Å². The second kappa shape index (κ2) is 5.94. The maximum atomic E-state index is 5.51. The zero-order valence-corrected chi connectivity index (χ0v) is 9.05. The maximum Gasteiger partial charge on any atom is 0.137 e. The van der Waals surface area contributed by atoms with Crippen LogP contribution in [0.1, 0.15) is 34.1 Å². The van der Waals surface area contributed by atoms with Gasteiger partial charge in [0.15, 0.2) is 0 Å². The van der Waals surface area contributed by atoms with Gasteiger partial charge in [-0.25, -0.2) is 5.84 Å². The molecule has 13 heavy (non-hydrogen) atoms. The van der Waals surface area contributed by atoms with Crippen LogP contribution in [0.15, 0.2) is 4.99 Å². The number of nitrogens with two attached hydrogens (primary N) is 1. The summed E-state index contributed by atoms with van der Waals surface area (Å²) in [6, 6.07) is 0. The number of amidine groups is 1. The largest absolute Gasteiger partial charge is 0.368 e. The quantitative estimate of drug-likeness (QED) is 0.299. The highest BCUT2D eigenvalue weighted by Gasteiger charge is 2.10. The molecule has 78 valence electrons. The van der Waals surface area contributed by atoms with Crippen LogP contribution in [0.4, 0.5) is 0 Å². The van der Waals surface area contributed by atoms with Gasteiger partial charge in [0.05, 0.1) is 5.60 Å². The van der Waals surface area contributed by atoms with E-state index in [0.29, 0.717) is 12.4 Å². The number of nitrogens with one attached hydrogen (secondary N) is 1. The van der Waals surface area contributed by atoms with E-state index in [1.807, 2.05) is 20.8 Å². The number of nitrogens with zero attached hydrogens (tertiary/aromatic N) is 1. The third-order valence-corrected chi connectivity index (χ3v) is 1.33. The predicted molar refractivity (Wildman–Crippen MR) is 55.6 cm³/mol.